The average Bonchev–Trinajstić information content (AvgIpc) is 2.99. The number of benzene rings is 3. The van der Waals surface area contributed by atoms with Crippen LogP contribution in [0.25, 0.3) is 21.9 Å². The first-order chi connectivity index (χ1) is 10.7. The first kappa shape index (κ1) is 13.6. The number of hydrogen-bond donors (Lipinski definition) is 0. The molecule has 0 nitrogen and oxygen atoms in total. The summed E-state index contributed by atoms with van der Waals surface area (Å²) >= 11 is 0. The van der Waals surface area contributed by atoms with Crippen LogP contribution in [0.3, 0.4) is 0 Å². The van der Waals surface area contributed by atoms with Crippen molar-refractivity contribution in [2.45, 2.75) is 20.3 Å². The number of rotatable bonds is 2. The van der Waals surface area contributed by atoms with Crippen LogP contribution in [0.15, 0.2) is 60.7 Å². The summed E-state index contributed by atoms with van der Waals surface area (Å²) < 4.78 is 0. The van der Waals surface area contributed by atoms with Crippen LogP contribution < -0.4 is 0 Å². The SMILES string of the molecule is CC(C)C1[CH]c2cccc(-c3cccc4ccccc34)c2C1. The molecule has 1 radical (unpaired) electrons. The standard InChI is InChI=1S/C22H21/c1-15(2)18-13-17-9-6-12-21(22(17)14-18)20-11-5-8-16-7-3-4-10-19(16)20/h3-13,15,18H,14H2,1-2H3. The van der Waals surface area contributed by atoms with Gasteiger partial charge in [0.15, 0.2) is 0 Å². The average molecular weight is 285 g/mol. The van der Waals surface area contributed by atoms with E-state index in [1.54, 1.807) is 0 Å². The molecule has 1 aliphatic rings. The fraction of sp³-hybridized carbons (Fsp3) is 0.227. The van der Waals surface area contributed by atoms with E-state index < -0.39 is 0 Å². The molecule has 3 aromatic carbocycles. The summed E-state index contributed by atoms with van der Waals surface area (Å²) in [6.07, 6.45) is 3.64. The zero-order chi connectivity index (χ0) is 15.1. The van der Waals surface area contributed by atoms with E-state index in [2.05, 4.69) is 80.9 Å². The summed E-state index contributed by atoms with van der Waals surface area (Å²) in [5, 5.41) is 2.67. The molecule has 22 heavy (non-hydrogen) atoms. The van der Waals surface area contributed by atoms with E-state index in [1.165, 1.54) is 39.4 Å². The first-order valence-corrected chi connectivity index (χ1v) is 8.19. The van der Waals surface area contributed by atoms with Crippen LogP contribution in [0, 0.1) is 18.3 Å². The van der Waals surface area contributed by atoms with Crippen molar-refractivity contribution in [1.82, 2.24) is 0 Å². The highest BCUT2D eigenvalue weighted by Crippen LogP contribution is 2.40. The topological polar surface area (TPSA) is 0 Å². The number of fused-ring (bicyclic) bond motifs is 2. The molecule has 0 saturated carbocycles. The molecule has 1 atom stereocenters. The molecule has 1 unspecified atom stereocenters. The fourth-order valence-corrected chi connectivity index (χ4v) is 3.65. The monoisotopic (exact) mass is 285 g/mol. The Morgan fingerprint density at radius 1 is 0.818 bits per heavy atom. The van der Waals surface area contributed by atoms with Gasteiger partial charge in [0.1, 0.15) is 0 Å². The van der Waals surface area contributed by atoms with Crippen LogP contribution in [0.2, 0.25) is 0 Å². The molecule has 0 aromatic heterocycles. The second kappa shape index (κ2) is 5.28. The van der Waals surface area contributed by atoms with Gasteiger partial charge in [0.2, 0.25) is 0 Å². The van der Waals surface area contributed by atoms with Gasteiger partial charge < -0.3 is 0 Å². The minimum Gasteiger partial charge on any atom is -0.0625 e. The molecule has 0 amide bonds. The molecular formula is C22H21. The van der Waals surface area contributed by atoms with Crippen molar-refractivity contribution in [2.75, 3.05) is 0 Å². The second-order valence-electron chi connectivity index (χ2n) is 6.68. The summed E-state index contributed by atoms with van der Waals surface area (Å²) in [4.78, 5) is 0. The third-order valence-corrected chi connectivity index (χ3v) is 4.98. The molecule has 0 bridgehead atoms. The van der Waals surface area contributed by atoms with E-state index in [1.807, 2.05) is 0 Å². The Morgan fingerprint density at radius 2 is 1.55 bits per heavy atom. The van der Waals surface area contributed by atoms with E-state index in [-0.39, 0.29) is 0 Å². The molecular weight excluding hydrogens is 264 g/mol. The summed E-state index contributed by atoms with van der Waals surface area (Å²) in [5.74, 6) is 1.37. The smallest absolute Gasteiger partial charge is 0.00532 e. The van der Waals surface area contributed by atoms with Crippen LogP contribution >= 0.6 is 0 Å². The molecule has 0 N–H and O–H groups in total. The van der Waals surface area contributed by atoms with Crippen molar-refractivity contribution < 1.29 is 0 Å². The van der Waals surface area contributed by atoms with Gasteiger partial charge in [-0.1, -0.05) is 74.5 Å². The van der Waals surface area contributed by atoms with Crippen molar-refractivity contribution in [3.8, 4) is 11.1 Å². The van der Waals surface area contributed by atoms with Gasteiger partial charge in [0.05, 0.1) is 0 Å². The number of hydrogen-bond acceptors (Lipinski definition) is 0. The zero-order valence-electron chi connectivity index (χ0n) is 13.2. The van der Waals surface area contributed by atoms with Crippen LogP contribution in [0.5, 0.6) is 0 Å². The highest BCUT2D eigenvalue weighted by Gasteiger charge is 2.26. The van der Waals surface area contributed by atoms with Gasteiger partial charge in [-0.05, 0) is 57.7 Å². The maximum absolute atomic E-state index is 2.47. The van der Waals surface area contributed by atoms with Gasteiger partial charge in [-0.25, -0.2) is 0 Å². The Labute approximate surface area is 132 Å². The highest BCUT2D eigenvalue weighted by molar-refractivity contribution is 5.97. The first-order valence-electron chi connectivity index (χ1n) is 8.19. The summed E-state index contributed by atoms with van der Waals surface area (Å²) in [6.45, 7) is 4.65. The normalized spacial score (nSPS) is 17.1. The van der Waals surface area contributed by atoms with Crippen LogP contribution in [0.4, 0.5) is 0 Å². The predicted molar refractivity (Wildman–Crippen MR) is 94.8 cm³/mol. The van der Waals surface area contributed by atoms with Gasteiger partial charge in [0.25, 0.3) is 0 Å². The van der Waals surface area contributed by atoms with Gasteiger partial charge in [-0.15, -0.1) is 0 Å². The van der Waals surface area contributed by atoms with Gasteiger partial charge in [-0.3, -0.25) is 0 Å². The quantitative estimate of drug-likeness (QED) is 0.551. The molecule has 0 aliphatic heterocycles. The van der Waals surface area contributed by atoms with Crippen LogP contribution in [-0.4, -0.2) is 0 Å². The van der Waals surface area contributed by atoms with Crippen LogP contribution in [-0.2, 0) is 6.42 Å². The van der Waals surface area contributed by atoms with Crippen molar-refractivity contribution in [1.29, 1.82) is 0 Å². The van der Waals surface area contributed by atoms with Gasteiger partial charge in [-0.2, -0.15) is 0 Å². The van der Waals surface area contributed by atoms with E-state index in [0.717, 1.165) is 0 Å². The predicted octanol–water partition coefficient (Wildman–Crippen LogP) is 5.89. The minimum atomic E-state index is 0.672. The maximum Gasteiger partial charge on any atom is -0.00532 e. The van der Waals surface area contributed by atoms with Crippen molar-refractivity contribution in [3.05, 3.63) is 78.2 Å². The lowest BCUT2D eigenvalue weighted by Crippen LogP contribution is -2.06. The molecule has 3 aromatic rings. The third kappa shape index (κ3) is 2.14. The Hall–Kier alpha value is -2.08. The van der Waals surface area contributed by atoms with Gasteiger partial charge in [0, 0.05) is 0 Å². The summed E-state index contributed by atoms with van der Waals surface area (Å²) in [6, 6.07) is 22.1. The molecule has 1 aliphatic carbocycles. The van der Waals surface area contributed by atoms with Crippen molar-refractivity contribution >= 4 is 10.8 Å². The molecule has 0 spiro atoms. The largest absolute Gasteiger partial charge is 0.0625 e. The van der Waals surface area contributed by atoms with Crippen molar-refractivity contribution in [2.24, 2.45) is 11.8 Å². The van der Waals surface area contributed by atoms with E-state index in [4.69, 9.17) is 0 Å². The Balaban J connectivity index is 1.90. The lowest BCUT2D eigenvalue weighted by atomic mass is 9.91. The Morgan fingerprint density at radius 3 is 2.41 bits per heavy atom. The van der Waals surface area contributed by atoms with Crippen molar-refractivity contribution in [3.63, 3.8) is 0 Å². The fourth-order valence-electron chi connectivity index (χ4n) is 3.65. The second-order valence-corrected chi connectivity index (χ2v) is 6.68. The molecule has 0 fully saturated rings. The summed E-state index contributed by atoms with van der Waals surface area (Å²) in [5.41, 5.74) is 5.74. The third-order valence-electron chi connectivity index (χ3n) is 4.98. The minimum absolute atomic E-state index is 0.672. The zero-order valence-corrected chi connectivity index (χ0v) is 13.2. The lowest BCUT2D eigenvalue weighted by molar-refractivity contribution is 0.459. The highest BCUT2D eigenvalue weighted by atomic mass is 14.3. The Bertz CT molecular complexity index is 821. The maximum atomic E-state index is 2.47. The summed E-state index contributed by atoms with van der Waals surface area (Å²) in [7, 11) is 0. The van der Waals surface area contributed by atoms with E-state index in [0.29, 0.717) is 11.8 Å². The molecule has 0 heteroatoms. The lowest BCUT2D eigenvalue weighted by Gasteiger charge is -2.14. The molecule has 0 saturated heterocycles. The molecule has 0 heterocycles. The molecule has 4 rings (SSSR count). The van der Waals surface area contributed by atoms with Gasteiger partial charge >= 0.3 is 0 Å². The Kier molecular flexibility index (Phi) is 3.26. The van der Waals surface area contributed by atoms with E-state index in [9.17, 15) is 0 Å². The molecule has 109 valence electrons. The van der Waals surface area contributed by atoms with E-state index >= 15 is 0 Å². The van der Waals surface area contributed by atoms with Crippen LogP contribution in [0.1, 0.15) is 25.0 Å².